The van der Waals surface area contributed by atoms with Crippen molar-refractivity contribution in [3.63, 3.8) is 0 Å². The smallest absolute Gasteiger partial charge is 0.0797 e. The lowest BCUT2D eigenvalue weighted by atomic mass is 10.3. The normalized spacial score (nSPS) is 23.1. The molecule has 1 heterocycles. The fraction of sp³-hybridized carbons (Fsp3) is 0.429. The Morgan fingerprint density at radius 2 is 2.44 bits per heavy atom. The summed E-state index contributed by atoms with van der Waals surface area (Å²) in [6, 6.07) is 0. The minimum Gasteiger partial charge on any atom is -0.282 e. The van der Waals surface area contributed by atoms with Gasteiger partial charge in [0.2, 0.25) is 0 Å². The minimum absolute atomic E-state index is 0.784. The zero-order valence-electron chi connectivity index (χ0n) is 5.17. The van der Waals surface area contributed by atoms with Crippen LogP contribution in [0.25, 0.3) is 0 Å². The van der Waals surface area contributed by atoms with Gasteiger partial charge in [-0.3, -0.25) is 9.98 Å². The number of fused-ring (bicyclic) bond motifs is 1. The quantitative estimate of drug-likeness (QED) is 0.458. The maximum absolute atomic E-state index is 4.29. The van der Waals surface area contributed by atoms with Gasteiger partial charge in [-0.1, -0.05) is 6.08 Å². The summed E-state index contributed by atoms with van der Waals surface area (Å²) in [6.45, 7) is 0.784. The second-order valence-corrected chi connectivity index (χ2v) is 2.23. The summed E-state index contributed by atoms with van der Waals surface area (Å²) in [5, 5.41) is 0. The molecule has 0 spiro atoms. The third-order valence-corrected chi connectivity index (χ3v) is 1.61. The van der Waals surface area contributed by atoms with Crippen LogP contribution in [0.15, 0.2) is 21.8 Å². The Balaban J connectivity index is 2.37. The fourth-order valence-corrected chi connectivity index (χ4v) is 1.17. The lowest BCUT2D eigenvalue weighted by molar-refractivity contribution is 1.12. The Bertz CT molecular complexity index is 211. The average molecular weight is 120 g/mol. The molecule has 0 aromatic carbocycles. The third-order valence-electron chi connectivity index (χ3n) is 1.61. The van der Waals surface area contributed by atoms with Crippen LogP contribution in [-0.4, -0.2) is 18.5 Å². The van der Waals surface area contributed by atoms with E-state index in [1.165, 1.54) is 5.71 Å². The van der Waals surface area contributed by atoms with Gasteiger partial charge in [-0.15, -0.1) is 0 Å². The summed E-state index contributed by atoms with van der Waals surface area (Å²) in [7, 11) is 0. The van der Waals surface area contributed by atoms with E-state index in [4.69, 9.17) is 0 Å². The van der Waals surface area contributed by atoms with Crippen LogP contribution in [0.2, 0.25) is 0 Å². The van der Waals surface area contributed by atoms with Crippen LogP contribution in [0.3, 0.4) is 0 Å². The lowest BCUT2D eigenvalue weighted by Gasteiger charge is -2.01. The zero-order chi connectivity index (χ0) is 6.10. The van der Waals surface area contributed by atoms with Crippen molar-refractivity contribution in [3.05, 3.63) is 11.8 Å². The number of allylic oxidation sites excluding steroid dienone is 2. The molecular weight excluding hydrogens is 112 g/mol. The first-order valence-electron chi connectivity index (χ1n) is 3.23. The Morgan fingerprint density at radius 3 is 3.33 bits per heavy atom. The van der Waals surface area contributed by atoms with Gasteiger partial charge in [-0.25, -0.2) is 0 Å². The van der Waals surface area contributed by atoms with Gasteiger partial charge < -0.3 is 0 Å². The van der Waals surface area contributed by atoms with Gasteiger partial charge in [0.25, 0.3) is 0 Å². The van der Waals surface area contributed by atoms with E-state index >= 15 is 0 Å². The highest BCUT2D eigenvalue weighted by Crippen LogP contribution is 2.17. The van der Waals surface area contributed by atoms with Crippen LogP contribution >= 0.6 is 0 Å². The van der Waals surface area contributed by atoms with Crippen molar-refractivity contribution in [2.45, 2.75) is 12.8 Å². The van der Waals surface area contributed by atoms with Crippen molar-refractivity contribution >= 4 is 11.9 Å². The summed E-state index contributed by atoms with van der Waals surface area (Å²) in [5.74, 6) is 0. The molecule has 1 aliphatic carbocycles. The number of nitrogens with zero attached hydrogens (tertiary/aromatic N) is 2. The third kappa shape index (κ3) is 0.707. The van der Waals surface area contributed by atoms with E-state index in [1.54, 1.807) is 0 Å². The highest BCUT2D eigenvalue weighted by Gasteiger charge is 2.12. The molecule has 0 amide bonds. The van der Waals surface area contributed by atoms with Crippen LogP contribution in [0, 0.1) is 0 Å². The Hall–Kier alpha value is -0.920. The Morgan fingerprint density at radius 1 is 1.44 bits per heavy atom. The van der Waals surface area contributed by atoms with E-state index in [0.717, 1.165) is 25.1 Å². The van der Waals surface area contributed by atoms with Crippen molar-refractivity contribution in [3.8, 4) is 0 Å². The van der Waals surface area contributed by atoms with Crippen molar-refractivity contribution in [2.24, 2.45) is 9.98 Å². The molecule has 0 N–H and O–H groups in total. The van der Waals surface area contributed by atoms with Crippen LogP contribution in [0.1, 0.15) is 12.8 Å². The van der Waals surface area contributed by atoms with E-state index < -0.39 is 0 Å². The summed E-state index contributed by atoms with van der Waals surface area (Å²) < 4.78 is 0. The molecule has 2 heteroatoms. The van der Waals surface area contributed by atoms with Crippen LogP contribution < -0.4 is 0 Å². The minimum atomic E-state index is 0.784. The van der Waals surface area contributed by atoms with Crippen molar-refractivity contribution in [1.29, 1.82) is 0 Å². The van der Waals surface area contributed by atoms with Crippen molar-refractivity contribution in [2.75, 3.05) is 6.54 Å². The van der Waals surface area contributed by atoms with Gasteiger partial charge >= 0.3 is 0 Å². The Labute approximate surface area is 54.0 Å². The second-order valence-electron chi connectivity index (χ2n) is 2.23. The molecule has 46 valence electrons. The molecule has 0 unspecified atom stereocenters. The number of hydrogen-bond donors (Lipinski definition) is 0. The standard InChI is InChI=1S/C7H8N2/c1-2-6-7(3-1)9-5-4-8-6/h2,4H,1,3,5H2. The van der Waals surface area contributed by atoms with Gasteiger partial charge in [0, 0.05) is 6.21 Å². The van der Waals surface area contributed by atoms with Crippen LogP contribution in [0.5, 0.6) is 0 Å². The monoisotopic (exact) mass is 120 g/mol. The number of rotatable bonds is 0. The van der Waals surface area contributed by atoms with Crippen LogP contribution in [-0.2, 0) is 0 Å². The molecule has 0 aromatic rings. The van der Waals surface area contributed by atoms with Crippen LogP contribution in [0.4, 0.5) is 0 Å². The predicted octanol–water partition coefficient (Wildman–Crippen LogP) is 1.19. The largest absolute Gasteiger partial charge is 0.282 e. The molecule has 9 heavy (non-hydrogen) atoms. The molecule has 2 nitrogen and oxygen atoms in total. The van der Waals surface area contributed by atoms with Gasteiger partial charge in [0.1, 0.15) is 0 Å². The summed E-state index contributed by atoms with van der Waals surface area (Å²) >= 11 is 0. The van der Waals surface area contributed by atoms with Crippen molar-refractivity contribution in [1.82, 2.24) is 0 Å². The predicted molar refractivity (Wildman–Crippen MR) is 38.1 cm³/mol. The summed E-state index contributed by atoms with van der Waals surface area (Å²) in [5.41, 5.74) is 2.32. The molecule has 0 saturated carbocycles. The summed E-state index contributed by atoms with van der Waals surface area (Å²) in [6.07, 6.45) is 6.24. The zero-order valence-corrected chi connectivity index (χ0v) is 5.17. The van der Waals surface area contributed by atoms with Crippen molar-refractivity contribution < 1.29 is 0 Å². The molecule has 0 aromatic heterocycles. The maximum Gasteiger partial charge on any atom is 0.0797 e. The van der Waals surface area contributed by atoms with E-state index in [2.05, 4.69) is 16.1 Å². The van der Waals surface area contributed by atoms with Gasteiger partial charge in [-0.2, -0.15) is 0 Å². The first-order valence-corrected chi connectivity index (χ1v) is 3.23. The first kappa shape index (κ1) is 4.91. The molecule has 0 atom stereocenters. The second kappa shape index (κ2) is 1.79. The summed E-state index contributed by atoms with van der Waals surface area (Å²) in [4.78, 5) is 8.49. The molecule has 0 bridgehead atoms. The Kier molecular flexibility index (Phi) is 0.979. The molecule has 2 aliphatic rings. The number of hydrogen-bond acceptors (Lipinski definition) is 2. The molecule has 0 radical (unpaired) electrons. The topological polar surface area (TPSA) is 24.7 Å². The van der Waals surface area contributed by atoms with E-state index in [-0.39, 0.29) is 0 Å². The molecular formula is C7H8N2. The molecule has 0 saturated heterocycles. The van der Waals surface area contributed by atoms with Gasteiger partial charge in [0.05, 0.1) is 18.0 Å². The molecule has 0 fully saturated rings. The van der Waals surface area contributed by atoms with Gasteiger partial charge in [-0.05, 0) is 12.8 Å². The van der Waals surface area contributed by atoms with E-state index in [0.29, 0.717) is 0 Å². The lowest BCUT2D eigenvalue weighted by Crippen LogP contribution is -2.02. The highest BCUT2D eigenvalue weighted by atomic mass is 14.9. The highest BCUT2D eigenvalue weighted by molar-refractivity contribution is 6.04. The molecule has 1 aliphatic heterocycles. The molecule has 2 rings (SSSR count). The number of aliphatic imine (C=N–C) groups is 2. The first-order chi connectivity index (χ1) is 4.47. The van der Waals surface area contributed by atoms with E-state index in [9.17, 15) is 0 Å². The SMILES string of the molecule is C1=NC2=CCCC2=NC1. The fourth-order valence-electron chi connectivity index (χ4n) is 1.17. The van der Waals surface area contributed by atoms with Gasteiger partial charge in [0.15, 0.2) is 0 Å². The van der Waals surface area contributed by atoms with E-state index in [1.807, 2.05) is 6.21 Å². The average Bonchev–Trinajstić information content (AvgIpc) is 2.33. The maximum atomic E-state index is 4.29.